The van der Waals surface area contributed by atoms with Gasteiger partial charge in [-0.15, -0.1) is 0 Å². The number of ketones is 1. The number of nitrogens with zero attached hydrogens (tertiary/aromatic N) is 1. The fraction of sp³-hybridized carbons (Fsp3) is 0.600. The molecule has 2 N–H and O–H groups in total. The summed E-state index contributed by atoms with van der Waals surface area (Å²) in [7, 11) is 1.56. The molecule has 0 aliphatic carbocycles. The van der Waals surface area contributed by atoms with Gasteiger partial charge in [-0.25, -0.2) is 5.43 Å². The van der Waals surface area contributed by atoms with Gasteiger partial charge < -0.3 is 14.4 Å². The third kappa shape index (κ3) is 4.84. The molecule has 1 aromatic rings. The first kappa shape index (κ1) is 21.0. The fourth-order valence-corrected chi connectivity index (χ4v) is 4.22. The molecule has 2 saturated heterocycles. The van der Waals surface area contributed by atoms with Crippen molar-refractivity contribution in [2.45, 2.75) is 25.8 Å². The number of rotatable bonds is 7. The van der Waals surface area contributed by atoms with Crippen LogP contribution in [0.2, 0.25) is 5.02 Å². The number of carbonyl (C=O) groups is 2. The van der Waals surface area contributed by atoms with E-state index in [4.69, 9.17) is 21.1 Å². The average molecular weight is 410 g/mol. The predicted octanol–water partition coefficient (Wildman–Crippen LogP) is 1.90. The van der Waals surface area contributed by atoms with E-state index in [0.717, 1.165) is 25.9 Å². The number of Topliss-reactive ketones (excluding diaryl/α,β-unsaturated/α-hetero) is 1. The number of methoxy groups -OCH3 is 1. The zero-order chi connectivity index (χ0) is 20.1. The first-order chi connectivity index (χ1) is 13.5. The number of nitrogens with one attached hydrogen (secondary N) is 2. The molecule has 28 heavy (non-hydrogen) atoms. The van der Waals surface area contributed by atoms with Gasteiger partial charge in [0.05, 0.1) is 19.3 Å². The summed E-state index contributed by atoms with van der Waals surface area (Å²) in [6, 6.07) is 4.78. The SMILES string of the molecule is CCOC(=O)C1NNCC1CN1CCCC(C(=O)c2cc(Cl)ccc2OC)C1. The molecule has 3 atom stereocenters. The van der Waals surface area contributed by atoms with Crippen molar-refractivity contribution in [2.24, 2.45) is 11.8 Å². The number of ether oxygens (including phenoxy) is 2. The quantitative estimate of drug-likeness (QED) is 0.526. The van der Waals surface area contributed by atoms with E-state index in [0.29, 0.717) is 36.0 Å². The number of piperidine rings is 1. The summed E-state index contributed by atoms with van der Waals surface area (Å²) in [5.74, 6) is 0.385. The molecule has 2 fully saturated rings. The van der Waals surface area contributed by atoms with E-state index in [-0.39, 0.29) is 29.6 Å². The van der Waals surface area contributed by atoms with Crippen molar-refractivity contribution in [3.8, 4) is 5.75 Å². The Bertz CT molecular complexity index is 715. The van der Waals surface area contributed by atoms with Crippen LogP contribution >= 0.6 is 11.6 Å². The van der Waals surface area contributed by atoms with Crippen LogP contribution in [-0.2, 0) is 9.53 Å². The summed E-state index contributed by atoms with van der Waals surface area (Å²) in [5, 5.41) is 0.525. The minimum absolute atomic E-state index is 0.0636. The van der Waals surface area contributed by atoms with E-state index in [1.54, 1.807) is 32.2 Å². The molecule has 7 nitrogen and oxygen atoms in total. The Balaban J connectivity index is 1.65. The first-order valence-corrected chi connectivity index (χ1v) is 10.2. The minimum Gasteiger partial charge on any atom is -0.496 e. The van der Waals surface area contributed by atoms with E-state index in [2.05, 4.69) is 15.8 Å². The lowest BCUT2D eigenvalue weighted by Crippen LogP contribution is -2.46. The van der Waals surface area contributed by atoms with Crippen LogP contribution in [0.4, 0.5) is 0 Å². The summed E-state index contributed by atoms with van der Waals surface area (Å²) in [6.45, 7) is 5.19. The monoisotopic (exact) mass is 409 g/mol. The Morgan fingerprint density at radius 3 is 2.93 bits per heavy atom. The van der Waals surface area contributed by atoms with Crippen LogP contribution in [0.1, 0.15) is 30.1 Å². The molecule has 2 aliphatic heterocycles. The van der Waals surface area contributed by atoms with Gasteiger partial charge in [-0.3, -0.25) is 15.0 Å². The van der Waals surface area contributed by atoms with Gasteiger partial charge in [0.1, 0.15) is 11.8 Å². The molecular weight excluding hydrogens is 382 g/mol. The fourth-order valence-electron chi connectivity index (χ4n) is 4.05. The second-order valence-electron chi connectivity index (χ2n) is 7.32. The molecule has 0 saturated carbocycles. The highest BCUT2D eigenvalue weighted by atomic mass is 35.5. The number of hydrogen-bond donors (Lipinski definition) is 2. The Morgan fingerprint density at radius 2 is 2.18 bits per heavy atom. The van der Waals surface area contributed by atoms with Crippen molar-refractivity contribution in [1.29, 1.82) is 0 Å². The van der Waals surface area contributed by atoms with Crippen molar-refractivity contribution < 1.29 is 19.1 Å². The lowest BCUT2D eigenvalue weighted by Gasteiger charge is -2.34. The Hall–Kier alpha value is -1.67. The van der Waals surface area contributed by atoms with Gasteiger partial charge in [0.2, 0.25) is 0 Å². The van der Waals surface area contributed by atoms with Crippen molar-refractivity contribution >= 4 is 23.4 Å². The van der Waals surface area contributed by atoms with E-state index in [1.165, 1.54) is 0 Å². The molecule has 0 amide bonds. The standard InChI is InChI=1S/C20H28ClN3O4/c1-3-28-20(26)18-14(10-22-23-18)12-24-8-4-5-13(11-24)19(25)16-9-15(21)6-7-17(16)27-2/h6-7,9,13-14,18,22-23H,3-5,8,10-12H2,1-2H3. The van der Waals surface area contributed by atoms with E-state index < -0.39 is 0 Å². The lowest BCUT2D eigenvalue weighted by atomic mass is 9.88. The van der Waals surface area contributed by atoms with Crippen LogP contribution in [0.3, 0.4) is 0 Å². The van der Waals surface area contributed by atoms with E-state index in [1.807, 2.05) is 0 Å². The minimum atomic E-state index is -0.357. The molecule has 2 aliphatic rings. The molecule has 0 aromatic heterocycles. The molecule has 154 valence electrons. The molecule has 0 bridgehead atoms. The largest absolute Gasteiger partial charge is 0.496 e. The maximum absolute atomic E-state index is 13.1. The van der Waals surface area contributed by atoms with Crippen molar-refractivity contribution in [2.75, 3.05) is 39.9 Å². The van der Waals surface area contributed by atoms with E-state index in [9.17, 15) is 9.59 Å². The number of halogens is 1. The first-order valence-electron chi connectivity index (χ1n) is 9.78. The van der Waals surface area contributed by atoms with Gasteiger partial charge in [-0.1, -0.05) is 11.6 Å². The molecule has 0 radical (unpaired) electrons. The molecule has 3 unspecified atom stereocenters. The van der Waals surface area contributed by atoms with Crippen molar-refractivity contribution in [3.63, 3.8) is 0 Å². The molecule has 8 heteroatoms. The third-order valence-corrected chi connectivity index (χ3v) is 5.66. The molecule has 2 heterocycles. The summed E-state index contributed by atoms with van der Waals surface area (Å²) < 4.78 is 10.5. The Morgan fingerprint density at radius 1 is 1.36 bits per heavy atom. The zero-order valence-corrected chi connectivity index (χ0v) is 17.1. The van der Waals surface area contributed by atoms with Crippen LogP contribution in [0, 0.1) is 11.8 Å². The second kappa shape index (κ2) is 9.69. The number of hydrogen-bond acceptors (Lipinski definition) is 7. The summed E-state index contributed by atoms with van der Waals surface area (Å²) in [4.78, 5) is 27.5. The Kier molecular flexibility index (Phi) is 7.29. The van der Waals surface area contributed by atoms with Gasteiger partial charge in [0, 0.05) is 36.5 Å². The number of esters is 1. The highest BCUT2D eigenvalue weighted by molar-refractivity contribution is 6.31. The number of hydrazine groups is 1. The highest BCUT2D eigenvalue weighted by Gasteiger charge is 2.37. The smallest absolute Gasteiger partial charge is 0.324 e. The van der Waals surface area contributed by atoms with Gasteiger partial charge in [0.25, 0.3) is 0 Å². The van der Waals surface area contributed by atoms with Crippen molar-refractivity contribution in [3.05, 3.63) is 28.8 Å². The molecule has 0 spiro atoms. The Labute approximate surface area is 170 Å². The third-order valence-electron chi connectivity index (χ3n) is 5.43. The van der Waals surface area contributed by atoms with Crippen LogP contribution < -0.4 is 15.6 Å². The predicted molar refractivity (Wildman–Crippen MR) is 107 cm³/mol. The molecular formula is C20H28ClN3O4. The number of benzene rings is 1. The van der Waals surface area contributed by atoms with Crippen LogP contribution in [0.25, 0.3) is 0 Å². The van der Waals surface area contributed by atoms with Gasteiger partial charge in [-0.05, 0) is 44.5 Å². The normalized spacial score (nSPS) is 25.5. The number of likely N-dealkylation sites (tertiary alicyclic amines) is 1. The zero-order valence-electron chi connectivity index (χ0n) is 16.4. The maximum Gasteiger partial charge on any atom is 0.324 e. The maximum atomic E-state index is 13.1. The van der Waals surface area contributed by atoms with Gasteiger partial charge in [0.15, 0.2) is 5.78 Å². The van der Waals surface area contributed by atoms with E-state index >= 15 is 0 Å². The lowest BCUT2D eigenvalue weighted by molar-refractivity contribution is -0.146. The van der Waals surface area contributed by atoms with Gasteiger partial charge >= 0.3 is 5.97 Å². The molecule has 1 aromatic carbocycles. The van der Waals surface area contributed by atoms with Gasteiger partial charge in [-0.2, -0.15) is 0 Å². The summed E-state index contributed by atoms with van der Waals surface area (Å²) in [5.41, 5.74) is 6.61. The highest BCUT2D eigenvalue weighted by Crippen LogP contribution is 2.29. The second-order valence-corrected chi connectivity index (χ2v) is 7.76. The summed E-state index contributed by atoms with van der Waals surface area (Å²) in [6.07, 6.45) is 1.78. The topological polar surface area (TPSA) is 79.9 Å². The number of carbonyl (C=O) groups excluding carboxylic acids is 2. The van der Waals surface area contributed by atoms with Crippen LogP contribution in [0.15, 0.2) is 18.2 Å². The summed E-state index contributed by atoms with van der Waals surface area (Å²) >= 11 is 6.09. The van der Waals surface area contributed by atoms with Crippen molar-refractivity contribution in [1.82, 2.24) is 15.8 Å². The average Bonchev–Trinajstić information content (AvgIpc) is 3.16. The van der Waals surface area contributed by atoms with Crippen LogP contribution in [-0.4, -0.2) is 62.6 Å². The van der Waals surface area contributed by atoms with Crippen LogP contribution in [0.5, 0.6) is 5.75 Å². The molecule has 3 rings (SSSR count).